The van der Waals surface area contributed by atoms with Gasteiger partial charge in [0.05, 0.1) is 23.7 Å². The Morgan fingerprint density at radius 1 is 1.17 bits per heavy atom. The molecule has 2 amide bonds. The SMILES string of the molecule is Cc1nnc(SCC(=O)N2c3ccccc3CO[C@@]23C(=O)N(C)c2ccccc23)s1. The molecule has 0 fully saturated rings. The summed E-state index contributed by atoms with van der Waals surface area (Å²) in [6, 6.07) is 15.0. The summed E-state index contributed by atoms with van der Waals surface area (Å²) in [7, 11) is 1.71. The number of anilines is 2. The molecule has 2 aromatic carbocycles. The number of carbonyl (C=O) groups is 2. The number of likely N-dealkylation sites (N-methyl/N-ethyl adjacent to an activating group) is 1. The van der Waals surface area contributed by atoms with Crippen LogP contribution in [0.15, 0.2) is 52.9 Å². The zero-order valence-electron chi connectivity index (χ0n) is 16.4. The van der Waals surface area contributed by atoms with Crippen molar-refractivity contribution in [2.45, 2.75) is 23.6 Å². The van der Waals surface area contributed by atoms with Crippen LogP contribution in [0, 0.1) is 6.92 Å². The maximum absolute atomic E-state index is 13.6. The molecule has 0 saturated carbocycles. The number of rotatable bonds is 3. The summed E-state index contributed by atoms with van der Waals surface area (Å²) in [6.07, 6.45) is 0. The Balaban J connectivity index is 1.60. The normalized spacial score (nSPS) is 19.9. The summed E-state index contributed by atoms with van der Waals surface area (Å²) in [4.78, 5) is 30.2. The topological polar surface area (TPSA) is 75.6 Å². The molecule has 0 bridgehead atoms. The van der Waals surface area contributed by atoms with Crippen LogP contribution in [0.25, 0.3) is 0 Å². The van der Waals surface area contributed by atoms with E-state index in [-0.39, 0.29) is 24.2 Å². The number of ether oxygens (including phenoxy) is 1. The van der Waals surface area contributed by atoms with Crippen molar-refractivity contribution in [1.29, 1.82) is 0 Å². The number of carbonyl (C=O) groups excluding carboxylic acids is 2. The van der Waals surface area contributed by atoms with Crippen LogP contribution in [0.2, 0.25) is 0 Å². The van der Waals surface area contributed by atoms with Crippen molar-refractivity contribution < 1.29 is 14.3 Å². The van der Waals surface area contributed by atoms with E-state index in [2.05, 4.69) is 10.2 Å². The number of amides is 2. The Morgan fingerprint density at radius 2 is 1.90 bits per heavy atom. The van der Waals surface area contributed by atoms with Gasteiger partial charge in [0.15, 0.2) is 4.34 Å². The Hall–Kier alpha value is -2.75. The highest BCUT2D eigenvalue weighted by Crippen LogP contribution is 2.50. The molecule has 152 valence electrons. The van der Waals surface area contributed by atoms with Crippen molar-refractivity contribution in [3.8, 4) is 0 Å². The van der Waals surface area contributed by atoms with Gasteiger partial charge in [-0.15, -0.1) is 10.2 Å². The molecular formula is C21H18N4O3S2. The van der Waals surface area contributed by atoms with Crippen LogP contribution in [-0.2, 0) is 26.7 Å². The lowest BCUT2D eigenvalue weighted by Gasteiger charge is -2.43. The third-order valence-corrected chi connectivity index (χ3v) is 7.24. The number of hydrogen-bond acceptors (Lipinski definition) is 7. The van der Waals surface area contributed by atoms with Crippen molar-refractivity contribution in [2.24, 2.45) is 0 Å². The fourth-order valence-electron chi connectivity index (χ4n) is 3.96. The number of benzene rings is 2. The maximum atomic E-state index is 13.6. The molecule has 3 aromatic rings. The zero-order valence-corrected chi connectivity index (χ0v) is 18.0. The first-order chi connectivity index (χ1) is 14.5. The van der Waals surface area contributed by atoms with Gasteiger partial charge in [-0.1, -0.05) is 59.5 Å². The Kier molecular flexibility index (Phi) is 4.61. The molecule has 2 aliphatic heterocycles. The van der Waals surface area contributed by atoms with E-state index in [4.69, 9.17) is 4.74 Å². The van der Waals surface area contributed by atoms with Gasteiger partial charge in [0.25, 0.3) is 11.6 Å². The summed E-state index contributed by atoms with van der Waals surface area (Å²) in [5, 5.41) is 8.93. The van der Waals surface area contributed by atoms with Gasteiger partial charge in [0.2, 0.25) is 5.91 Å². The van der Waals surface area contributed by atoms with E-state index in [1.807, 2.05) is 55.5 Å². The average Bonchev–Trinajstić information content (AvgIpc) is 3.28. The van der Waals surface area contributed by atoms with Crippen LogP contribution in [0.4, 0.5) is 11.4 Å². The van der Waals surface area contributed by atoms with E-state index in [0.717, 1.165) is 20.6 Å². The molecule has 0 aliphatic carbocycles. The molecule has 1 atom stereocenters. The zero-order chi connectivity index (χ0) is 20.9. The van der Waals surface area contributed by atoms with Crippen LogP contribution >= 0.6 is 23.1 Å². The van der Waals surface area contributed by atoms with Crippen molar-refractivity contribution in [2.75, 3.05) is 22.6 Å². The molecule has 2 aliphatic rings. The summed E-state index contributed by atoms with van der Waals surface area (Å²) in [5.74, 6) is -0.380. The van der Waals surface area contributed by atoms with Gasteiger partial charge in [-0.05, 0) is 19.1 Å². The van der Waals surface area contributed by atoms with Crippen LogP contribution in [0.3, 0.4) is 0 Å². The van der Waals surface area contributed by atoms with E-state index in [1.54, 1.807) is 11.9 Å². The van der Waals surface area contributed by atoms with Crippen molar-refractivity contribution in [1.82, 2.24) is 10.2 Å². The van der Waals surface area contributed by atoms with Crippen LogP contribution in [-0.4, -0.2) is 34.8 Å². The van der Waals surface area contributed by atoms with Gasteiger partial charge in [0, 0.05) is 18.2 Å². The molecule has 1 spiro atoms. The van der Waals surface area contributed by atoms with Gasteiger partial charge < -0.3 is 9.64 Å². The largest absolute Gasteiger partial charge is 0.338 e. The number of para-hydroxylation sites is 2. The van der Waals surface area contributed by atoms with E-state index in [0.29, 0.717) is 11.3 Å². The second kappa shape index (κ2) is 7.19. The van der Waals surface area contributed by atoms with Crippen molar-refractivity contribution >= 4 is 46.3 Å². The van der Waals surface area contributed by atoms with Crippen LogP contribution in [0.5, 0.6) is 0 Å². The van der Waals surface area contributed by atoms with E-state index < -0.39 is 5.72 Å². The Bertz CT molecular complexity index is 1160. The lowest BCUT2D eigenvalue weighted by atomic mass is 9.97. The molecule has 1 aromatic heterocycles. The number of nitrogens with zero attached hydrogens (tertiary/aromatic N) is 4. The summed E-state index contributed by atoms with van der Waals surface area (Å²) in [5.41, 5.74) is 1.48. The quantitative estimate of drug-likeness (QED) is 0.584. The molecule has 3 heterocycles. The standard InChI is InChI=1S/C21H18N4O3S2/c1-13-22-23-20(30-13)29-12-18(26)25-16-9-5-3-7-14(16)11-28-21(25)15-8-4-6-10-17(15)24(2)19(21)27/h3-10H,11-12H2,1-2H3/t21-/m0/s1. The van der Waals surface area contributed by atoms with Crippen LogP contribution < -0.4 is 9.80 Å². The van der Waals surface area contributed by atoms with Crippen molar-refractivity contribution in [3.05, 3.63) is 64.7 Å². The summed E-state index contributed by atoms with van der Waals surface area (Å²) in [6.45, 7) is 2.12. The summed E-state index contributed by atoms with van der Waals surface area (Å²) < 4.78 is 6.95. The molecule has 30 heavy (non-hydrogen) atoms. The minimum atomic E-state index is -1.51. The highest BCUT2D eigenvalue weighted by Gasteiger charge is 2.59. The van der Waals surface area contributed by atoms with Gasteiger partial charge >= 0.3 is 0 Å². The highest BCUT2D eigenvalue weighted by atomic mass is 32.2. The first-order valence-electron chi connectivity index (χ1n) is 9.38. The second-order valence-electron chi connectivity index (χ2n) is 7.05. The molecule has 0 N–H and O–H groups in total. The van der Waals surface area contributed by atoms with Gasteiger partial charge in [-0.2, -0.15) is 0 Å². The lowest BCUT2D eigenvalue weighted by Crippen LogP contribution is -2.59. The van der Waals surface area contributed by atoms with Gasteiger partial charge in [-0.3, -0.25) is 14.5 Å². The first kappa shape index (κ1) is 19.2. The van der Waals surface area contributed by atoms with Crippen molar-refractivity contribution in [3.63, 3.8) is 0 Å². The second-order valence-corrected chi connectivity index (χ2v) is 9.45. The summed E-state index contributed by atoms with van der Waals surface area (Å²) >= 11 is 2.76. The van der Waals surface area contributed by atoms with E-state index in [9.17, 15) is 9.59 Å². The van der Waals surface area contributed by atoms with Crippen LogP contribution in [0.1, 0.15) is 16.1 Å². The molecule has 0 saturated heterocycles. The smallest absolute Gasteiger partial charge is 0.285 e. The number of aryl methyl sites for hydroxylation is 1. The highest BCUT2D eigenvalue weighted by molar-refractivity contribution is 8.01. The molecule has 9 heteroatoms. The molecule has 7 nitrogen and oxygen atoms in total. The monoisotopic (exact) mass is 438 g/mol. The number of thioether (sulfide) groups is 1. The average molecular weight is 439 g/mol. The number of aromatic nitrogens is 2. The third-order valence-electron chi connectivity index (χ3n) is 5.28. The number of hydrogen-bond donors (Lipinski definition) is 0. The van der Waals surface area contributed by atoms with E-state index in [1.165, 1.54) is 28.0 Å². The van der Waals surface area contributed by atoms with E-state index >= 15 is 0 Å². The Morgan fingerprint density at radius 3 is 2.67 bits per heavy atom. The maximum Gasteiger partial charge on any atom is 0.285 e. The molecular weight excluding hydrogens is 420 g/mol. The lowest BCUT2D eigenvalue weighted by molar-refractivity contribution is -0.152. The molecule has 5 rings (SSSR count). The number of fused-ring (bicyclic) bond motifs is 3. The Labute approximate surface area is 181 Å². The molecule has 0 radical (unpaired) electrons. The third kappa shape index (κ3) is 2.77. The predicted octanol–water partition coefficient (Wildman–Crippen LogP) is 3.33. The van der Waals surface area contributed by atoms with Gasteiger partial charge in [0.1, 0.15) is 5.01 Å². The molecule has 0 unspecified atom stereocenters. The fourth-order valence-corrected chi connectivity index (χ4v) is 5.63. The minimum absolute atomic E-state index is 0.118. The van der Waals surface area contributed by atoms with Gasteiger partial charge in [-0.25, -0.2) is 0 Å². The predicted molar refractivity (Wildman–Crippen MR) is 116 cm³/mol. The first-order valence-corrected chi connectivity index (χ1v) is 11.2. The minimum Gasteiger partial charge on any atom is -0.338 e. The fraction of sp³-hybridized carbons (Fsp3) is 0.238.